The van der Waals surface area contributed by atoms with Gasteiger partial charge in [0.25, 0.3) is 11.9 Å². The minimum Gasteiger partial charge on any atom is -0.375 e. The van der Waals surface area contributed by atoms with Crippen LogP contribution in [0, 0.1) is 0 Å². The first-order valence-corrected chi connectivity index (χ1v) is 1.97. The van der Waals surface area contributed by atoms with Gasteiger partial charge in [-0.25, -0.2) is 0 Å². The highest BCUT2D eigenvalue weighted by molar-refractivity contribution is 6.93. The molecule has 0 aliphatic heterocycles. The van der Waals surface area contributed by atoms with Crippen molar-refractivity contribution in [3.05, 3.63) is 12.5 Å². The van der Waals surface area contributed by atoms with Gasteiger partial charge in [-0.1, -0.05) is 0 Å². The molecule has 1 aromatic heterocycles. The van der Waals surface area contributed by atoms with Crippen LogP contribution in [-0.2, 0) is 0 Å². The maximum absolute atomic E-state index is 4.46. The second-order valence-corrected chi connectivity index (χ2v) is 1.07. The van der Waals surface area contributed by atoms with E-state index in [0.29, 0.717) is 0 Å². The first kappa shape index (κ1) is 3.55. The Balaban J connectivity index is 3.00. The van der Waals surface area contributed by atoms with Gasteiger partial charge < -0.3 is 3.85 Å². The second kappa shape index (κ2) is 1.71. The summed E-state index contributed by atoms with van der Waals surface area (Å²) in [6.45, 7) is 0. The molecule has 34 valence electrons. The van der Waals surface area contributed by atoms with E-state index < -0.39 is 0 Å². The van der Waals surface area contributed by atoms with Crippen molar-refractivity contribution in [1.82, 2.24) is 0 Å². The van der Waals surface area contributed by atoms with Crippen molar-refractivity contribution in [3.8, 4) is 0 Å². The van der Waals surface area contributed by atoms with Gasteiger partial charge in [0.1, 0.15) is 0 Å². The zero-order chi connectivity index (χ0) is 4.24. The van der Waals surface area contributed by atoms with E-state index in [-0.39, 0.29) is 0 Å². The van der Waals surface area contributed by atoms with Crippen molar-refractivity contribution in [3.63, 3.8) is 0 Å². The van der Waals surface area contributed by atoms with Crippen molar-refractivity contribution in [2.45, 2.75) is 0 Å². The van der Waals surface area contributed by atoms with Crippen molar-refractivity contribution in [1.29, 1.82) is 0 Å². The van der Waals surface area contributed by atoms with Gasteiger partial charge in [0, 0.05) is 0 Å². The molecule has 0 aromatic carbocycles. The number of rotatable bonds is 0. The summed E-state index contributed by atoms with van der Waals surface area (Å²) in [5.74, 6) is 0. The Morgan fingerprint density at radius 3 is 2.50 bits per heavy atom. The van der Waals surface area contributed by atoms with Crippen LogP contribution in [0.1, 0.15) is 0 Å². The number of hydrogen-bond donors (Lipinski definition) is 0. The molecule has 6 heavy (non-hydrogen) atoms. The molecule has 1 aromatic rings. The summed E-state index contributed by atoms with van der Waals surface area (Å²) < 4.78 is 12.9. The lowest BCUT2D eigenvalue weighted by Crippen LogP contribution is -1.42. The third kappa shape index (κ3) is 0.651. The predicted molar refractivity (Wildman–Crippen MR) is 18.7 cm³/mol. The lowest BCUT2D eigenvalue weighted by atomic mass is 11.1. The third-order valence-corrected chi connectivity index (χ3v) is 0.597. The van der Waals surface area contributed by atoms with Crippen LogP contribution in [0.3, 0.4) is 0 Å². The topological polar surface area (TPSA) is 39.4 Å². The van der Waals surface area contributed by atoms with Crippen LogP contribution in [0.5, 0.6) is 0 Å². The van der Waals surface area contributed by atoms with Crippen LogP contribution in [0.25, 0.3) is 0 Å². The first-order chi connectivity index (χ1) is 3.00. The van der Waals surface area contributed by atoms with Gasteiger partial charge in [-0.15, -0.1) is 0 Å². The van der Waals surface area contributed by atoms with Gasteiger partial charge in [0.2, 0.25) is 0 Å². The second-order valence-electron chi connectivity index (χ2n) is 0.601. The molecule has 0 saturated carbocycles. The smallest absolute Gasteiger partial charge is 0.288 e. The molecule has 0 atom stereocenters. The molecule has 0 N–H and O–H groups in total. The molecule has 0 radical (unpaired) electrons. The third-order valence-electron chi connectivity index (χ3n) is 0.273. The Hall–Kier alpha value is -0.640. The van der Waals surface area contributed by atoms with Crippen LogP contribution < -0.4 is 0 Å². The highest BCUT2D eigenvalue weighted by atomic mass is 32.1. The van der Waals surface area contributed by atoms with E-state index in [9.17, 15) is 0 Å². The Labute approximate surface area is 37.9 Å². The maximum atomic E-state index is 4.46. The van der Waals surface area contributed by atoms with Gasteiger partial charge in [-0.3, -0.25) is 4.58 Å². The summed E-state index contributed by atoms with van der Waals surface area (Å²) in [5.41, 5.74) is 0. The lowest BCUT2D eigenvalue weighted by Gasteiger charge is -1.70. The monoisotopic (exact) mass is 106 g/mol. The Kier molecular flexibility index (Phi) is 1.01. The lowest BCUT2D eigenvalue weighted by molar-refractivity contribution is 0.0850. The summed E-state index contributed by atoms with van der Waals surface area (Å²) in [6, 6.07) is 0. The van der Waals surface area contributed by atoms with E-state index in [1.165, 1.54) is 12.5 Å². The van der Waals surface area contributed by atoms with Gasteiger partial charge >= 0.3 is 0 Å². The average molecular weight is 106 g/mol. The summed E-state index contributed by atoms with van der Waals surface area (Å²) in [4.78, 5) is 0. The molecule has 0 aliphatic carbocycles. The summed E-state index contributed by atoms with van der Waals surface area (Å²) in [5, 5.41) is 0. The van der Waals surface area contributed by atoms with E-state index in [1.807, 2.05) is 0 Å². The molecule has 0 fully saturated rings. The van der Waals surface area contributed by atoms with E-state index in [1.54, 1.807) is 0 Å². The minimum atomic E-state index is 0.786. The molecule has 0 spiro atoms. The van der Waals surface area contributed by atoms with E-state index in [4.69, 9.17) is 0 Å². The van der Waals surface area contributed by atoms with Crippen LogP contribution in [0.4, 0.5) is 0 Å². The van der Waals surface area contributed by atoms with E-state index in [0.717, 1.165) is 11.9 Å². The zero-order valence-corrected chi connectivity index (χ0v) is 3.60. The molecule has 0 saturated heterocycles. The highest BCUT2D eigenvalue weighted by Gasteiger charge is 1.63. The van der Waals surface area contributed by atoms with Crippen molar-refractivity contribution >= 4 is 11.9 Å². The molecule has 3 nitrogen and oxygen atoms in total. The molecule has 0 aliphatic rings. The molecule has 4 heteroatoms. The predicted octanol–water partition coefficient (Wildman–Crippen LogP) is 1.65. The van der Waals surface area contributed by atoms with Crippen LogP contribution >= 0.6 is 11.9 Å². The SMILES string of the molecule is c1cosoo1. The average Bonchev–Trinajstić information content (AvgIpc) is 1.72. The van der Waals surface area contributed by atoms with Crippen molar-refractivity contribution in [2.24, 2.45) is 0 Å². The van der Waals surface area contributed by atoms with E-state index >= 15 is 0 Å². The van der Waals surface area contributed by atoms with Crippen LogP contribution in [-0.4, -0.2) is 0 Å². The largest absolute Gasteiger partial charge is 0.375 e. The van der Waals surface area contributed by atoms with Crippen LogP contribution in [0.15, 0.2) is 25.0 Å². The summed E-state index contributed by atoms with van der Waals surface area (Å²) in [7, 11) is 0. The molecule has 0 amide bonds. The summed E-state index contributed by atoms with van der Waals surface area (Å²) >= 11 is 0.786. The quantitative estimate of drug-likeness (QED) is 0.472. The Morgan fingerprint density at radius 1 is 1.33 bits per heavy atom. The van der Waals surface area contributed by atoms with Crippen molar-refractivity contribution in [2.75, 3.05) is 0 Å². The Morgan fingerprint density at radius 2 is 2.33 bits per heavy atom. The first-order valence-electron chi connectivity index (χ1n) is 1.30. The normalized spacial score (nSPS) is 8.00. The molecular formula is C2H2O3S. The zero-order valence-electron chi connectivity index (χ0n) is 2.79. The molecule has 1 heterocycles. The summed E-state index contributed by atoms with van der Waals surface area (Å²) in [6.07, 6.45) is 2.69. The fraction of sp³-hybridized carbons (Fsp3) is 0. The highest BCUT2D eigenvalue weighted by Crippen LogP contribution is 1.90. The standard InChI is InChI=1S/C2H2O3S/c1-2-4-6-5-3-1/h1-2H. The fourth-order valence-electron chi connectivity index (χ4n) is 0.123. The molecule has 1 rings (SSSR count). The van der Waals surface area contributed by atoms with Gasteiger partial charge in [0.05, 0.1) is 0 Å². The number of hydrogen-bond acceptors (Lipinski definition) is 4. The molecular weight excluding hydrogens is 104 g/mol. The Bertz CT molecular complexity index is 80.7. The minimum absolute atomic E-state index is 0.786. The van der Waals surface area contributed by atoms with Gasteiger partial charge in [-0.2, -0.15) is 4.01 Å². The van der Waals surface area contributed by atoms with Crippen molar-refractivity contribution < 1.29 is 12.4 Å². The van der Waals surface area contributed by atoms with Gasteiger partial charge in [0.15, 0.2) is 12.5 Å². The van der Waals surface area contributed by atoms with E-state index in [2.05, 4.69) is 12.4 Å². The molecule has 0 bridgehead atoms. The van der Waals surface area contributed by atoms with Gasteiger partial charge in [-0.05, 0) is 0 Å². The fourth-order valence-corrected chi connectivity index (χ4v) is 0.323. The van der Waals surface area contributed by atoms with Crippen LogP contribution in [0.2, 0.25) is 0 Å². The maximum Gasteiger partial charge on any atom is 0.288 e. The molecule has 0 unspecified atom stereocenters.